The van der Waals surface area contributed by atoms with E-state index in [1.54, 1.807) is 0 Å². The van der Waals surface area contributed by atoms with E-state index in [1.165, 1.54) is 18.2 Å². The smallest absolute Gasteiger partial charge is 0.296 e. The van der Waals surface area contributed by atoms with Crippen molar-refractivity contribution in [2.75, 3.05) is 10.6 Å². The van der Waals surface area contributed by atoms with Gasteiger partial charge in [-0.15, -0.1) is 0 Å². The Morgan fingerprint density at radius 3 is 2.04 bits per heavy atom. The number of carbonyl (C=O) groups excluding carboxylic acids is 2. The van der Waals surface area contributed by atoms with Crippen molar-refractivity contribution in [3.05, 3.63) is 58.9 Å². The average molecular weight is 422 g/mol. The summed E-state index contributed by atoms with van der Waals surface area (Å²) < 4.78 is 64.1. The second kappa shape index (κ2) is 5.72. The summed E-state index contributed by atoms with van der Waals surface area (Å²) in [6, 6.07) is 6.99. The summed E-state index contributed by atoms with van der Waals surface area (Å²) in [6.07, 6.45) is 0. The molecule has 2 heterocycles. The number of hydrogen-bond acceptors (Lipinski definition) is 8. The molecule has 0 spiro atoms. The molecule has 28 heavy (non-hydrogen) atoms. The molecule has 12 heteroatoms. The predicted molar refractivity (Wildman–Crippen MR) is 95.4 cm³/mol. The van der Waals surface area contributed by atoms with Crippen molar-refractivity contribution in [3.8, 4) is 0 Å². The number of Topliss-reactive ketones (excluding diaryl/α,β-unsaturated/α-hetero) is 2. The number of benzene rings is 2. The van der Waals surface area contributed by atoms with Crippen LogP contribution in [-0.4, -0.2) is 37.5 Å². The van der Waals surface area contributed by atoms with Crippen LogP contribution < -0.4 is 10.6 Å². The van der Waals surface area contributed by atoms with Crippen molar-refractivity contribution in [1.82, 2.24) is 0 Å². The van der Waals surface area contributed by atoms with E-state index < -0.39 is 41.6 Å². The highest BCUT2D eigenvalue weighted by Gasteiger charge is 2.37. The van der Waals surface area contributed by atoms with Gasteiger partial charge in [-0.1, -0.05) is 6.07 Å². The van der Waals surface area contributed by atoms with Crippen molar-refractivity contribution in [2.24, 2.45) is 0 Å². The standard InChI is InChI=1S/C16H10N2O8S2/c19-15-8-2-1-3-11(28(24,25)26)12(8)18-14(15)13-16(20)9-6-7(27(21,22)23)4-5-10(9)17-13/h1-6,17-18H,(H,21,22,23)(H,24,25,26)/b14-13+. The fourth-order valence-electron chi connectivity index (χ4n) is 3.04. The zero-order valence-corrected chi connectivity index (χ0v) is 15.3. The summed E-state index contributed by atoms with van der Waals surface area (Å²) >= 11 is 0. The van der Waals surface area contributed by atoms with E-state index in [9.17, 15) is 31.0 Å². The topological polar surface area (TPSA) is 167 Å². The molecule has 0 amide bonds. The van der Waals surface area contributed by atoms with Crippen LogP contribution in [0.1, 0.15) is 20.7 Å². The minimum atomic E-state index is -4.62. The maximum atomic E-state index is 12.7. The maximum absolute atomic E-state index is 12.7. The normalized spacial score (nSPS) is 18.5. The van der Waals surface area contributed by atoms with Crippen LogP contribution in [0.25, 0.3) is 0 Å². The van der Waals surface area contributed by atoms with Crippen LogP contribution in [0, 0.1) is 0 Å². The highest BCUT2D eigenvalue weighted by Crippen LogP contribution is 2.38. The molecule has 0 radical (unpaired) electrons. The summed E-state index contributed by atoms with van der Waals surface area (Å²) in [5.74, 6) is -1.41. The summed E-state index contributed by atoms with van der Waals surface area (Å²) in [7, 11) is -9.16. The Morgan fingerprint density at radius 2 is 1.39 bits per heavy atom. The third-order valence-electron chi connectivity index (χ3n) is 4.30. The van der Waals surface area contributed by atoms with Gasteiger partial charge in [0.25, 0.3) is 20.2 Å². The number of allylic oxidation sites excluding steroid dienone is 2. The number of anilines is 2. The van der Waals surface area contributed by atoms with Gasteiger partial charge in [-0.05, 0) is 30.3 Å². The molecular formula is C16H10N2O8S2. The molecule has 2 aromatic carbocycles. The average Bonchev–Trinajstić information content (AvgIpc) is 3.10. The molecule has 2 aromatic rings. The van der Waals surface area contributed by atoms with Gasteiger partial charge in [0, 0.05) is 11.1 Å². The molecule has 0 saturated carbocycles. The van der Waals surface area contributed by atoms with Crippen molar-refractivity contribution in [3.63, 3.8) is 0 Å². The number of hydrogen-bond donors (Lipinski definition) is 4. The maximum Gasteiger partial charge on any atom is 0.296 e. The molecule has 0 fully saturated rings. The second-order valence-corrected chi connectivity index (χ2v) is 8.81. The lowest BCUT2D eigenvalue weighted by molar-refractivity contribution is 0.101. The van der Waals surface area contributed by atoms with Crippen LogP contribution >= 0.6 is 0 Å². The molecule has 0 bridgehead atoms. The quantitative estimate of drug-likeness (QED) is 0.409. The molecule has 0 atom stereocenters. The highest BCUT2D eigenvalue weighted by atomic mass is 32.2. The Hall–Kier alpha value is -3.06. The first-order chi connectivity index (χ1) is 13.0. The first-order valence-corrected chi connectivity index (χ1v) is 10.5. The Balaban J connectivity index is 1.84. The van der Waals surface area contributed by atoms with Gasteiger partial charge in [-0.25, -0.2) is 0 Å². The molecule has 0 aromatic heterocycles. The van der Waals surface area contributed by atoms with E-state index in [2.05, 4.69) is 10.6 Å². The predicted octanol–water partition coefficient (Wildman–Crippen LogP) is 1.31. The lowest BCUT2D eigenvalue weighted by Crippen LogP contribution is -2.13. The monoisotopic (exact) mass is 422 g/mol. The van der Waals surface area contributed by atoms with Crippen LogP contribution in [0.5, 0.6) is 0 Å². The van der Waals surface area contributed by atoms with Gasteiger partial charge in [0.2, 0.25) is 11.6 Å². The van der Waals surface area contributed by atoms with Crippen LogP contribution in [0.3, 0.4) is 0 Å². The van der Waals surface area contributed by atoms with Crippen LogP contribution in [0.15, 0.2) is 57.6 Å². The molecule has 144 valence electrons. The molecule has 0 saturated heterocycles. The Kier molecular flexibility index (Phi) is 3.74. The lowest BCUT2D eigenvalue weighted by atomic mass is 10.1. The van der Waals surface area contributed by atoms with Gasteiger partial charge in [0.05, 0.1) is 16.3 Å². The van der Waals surface area contributed by atoms with E-state index in [0.717, 1.165) is 18.2 Å². The van der Waals surface area contributed by atoms with Gasteiger partial charge in [-0.2, -0.15) is 16.8 Å². The molecule has 2 aliphatic heterocycles. The van der Waals surface area contributed by atoms with E-state index in [4.69, 9.17) is 4.55 Å². The van der Waals surface area contributed by atoms with Gasteiger partial charge in [0.1, 0.15) is 16.3 Å². The number of fused-ring (bicyclic) bond motifs is 2. The van der Waals surface area contributed by atoms with Crippen LogP contribution in [-0.2, 0) is 20.2 Å². The molecule has 0 aliphatic carbocycles. The molecule has 4 rings (SSSR count). The van der Waals surface area contributed by atoms with Crippen LogP contribution in [0.4, 0.5) is 11.4 Å². The van der Waals surface area contributed by atoms with Crippen molar-refractivity contribution in [2.45, 2.75) is 9.79 Å². The molecule has 10 nitrogen and oxygen atoms in total. The van der Waals surface area contributed by atoms with E-state index in [-0.39, 0.29) is 33.9 Å². The minimum absolute atomic E-state index is 0.0539. The second-order valence-electron chi connectivity index (χ2n) is 5.99. The van der Waals surface area contributed by atoms with Gasteiger partial charge in [0.15, 0.2) is 0 Å². The van der Waals surface area contributed by atoms with Gasteiger partial charge in [-0.3, -0.25) is 18.7 Å². The zero-order chi connectivity index (χ0) is 20.4. The van der Waals surface area contributed by atoms with Gasteiger partial charge < -0.3 is 10.6 Å². The van der Waals surface area contributed by atoms with Crippen molar-refractivity contribution >= 4 is 43.2 Å². The van der Waals surface area contributed by atoms with Gasteiger partial charge >= 0.3 is 0 Å². The third-order valence-corrected chi connectivity index (χ3v) is 6.04. The summed E-state index contributed by atoms with van der Waals surface area (Å²) in [5, 5.41) is 5.24. The number of ketones is 2. The molecular weight excluding hydrogens is 412 g/mol. The number of carbonyl (C=O) groups is 2. The number of nitrogens with one attached hydrogen (secondary N) is 2. The Morgan fingerprint density at radius 1 is 0.750 bits per heavy atom. The third kappa shape index (κ3) is 2.70. The minimum Gasteiger partial charge on any atom is -0.350 e. The molecule has 4 N–H and O–H groups in total. The number of rotatable bonds is 2. The first-order valence-electron chi connectivity index (χ1n) is 7.58. The van der Waals surface area contributed by atoms with E-state index in [1.807, 2.05) is 0 Å². The fourth-order valence-corrected chi connectivity index (χ4v) is 4.22. The lowest BCUT2D eigenvalue weighted by Gasteiger charge is -2.06. The molecule has 2 aliphatic rings. The van der Waals surface area contributed by atoms with Crippen molar-refractivity contribution < 1.29 is 35.5 Å². The number of para-hydroxylation sites is 1. The SMILES string of the molecule is O=C1/C(=C2\Nc3c(cccc3S(=O)(=O)O)C2=O)Nc2ccc(S(=O)(=O)O)cc21. The van der Waals surface area contributed by atoms with E-state index in [0.29, 0.717) is 0 Å². The van der Waals surface area contributed by atoms with Crippen LogP contribution in [0.2, 0.25) is 0 Å². The summed E-state index contributed by atoms with van der Waals surface area (Å²) in [6.45, 7) is 0. The highest BCUT2D eigenvalue weighted by molar-refractivity contribution is 7.86. The summed E-state index contributed by atoms with van der Waals surface area (Å²) in [5.41, 5.74) is -0.562. The largest absolute Gasteiger partial charge is 0.350 e. The molecule has 0 unspecified atom stereocenters. The summed E-state index contributed by atoms with van der Waals surface area (Å²) in [4.78, 5) is 24.3. The fraction of sp³-hybridized carbons (Fsp3) is 0. The first kappa shape index (κ1) is 18.3. The zero-order valence-electron chi connectivity index (χ0n) is 13.6. The van der Waals surface area contributed by atoms with Crippen molar-refractivity contribution in [1.29, 1.82) is 0 Å². The Labute approximate surface area is 158 Å². The van der Waals surface area contributed by atoms with E-state index >= 15 is 0 Å². The Bertz CT molecular complexity index is 1340.